The lowest BCUT2D eigenvalue weighted by molar-refractivity contribution is 0.0963. The van der Waals surface area contributed by atoms with Gasteiger partial charge in [0.05, 0.1) is 15.2 Å². The van der Waals surface area contributed by atoms with Crippen LogP contribution < -0.4 is 11.1 Å². The van der Waals surface area contributed by atoms with E-state index in [1.165, 1.54) is 11.3 Å². The van der Waals surface area contributed by atoms with Gasteiger partial charge in [-0.15, -0.1) is 11.3 Å². The molecule has 1 aromatic heterocycles. The molecule has 0 aliphatic carbocycles. The maximum atomic E-state index is 11.5. The van der Waals surface area contributed by atoms with Gasteiger partial charge >= 0.3 is 0 Å². The first-order valence-corrected chi connectivity index (χ1v) is 6.14. The van der Waals surface area contributed by atoms with E-state index in [0.717, 1.165) is 8.26 Å². The monoisotopic (exact) mass is 355 g/mol. The Bertz CT molecular complexity index is 385. The van der Waals surface area contributed by atoms with Crippen LogP contribution in [0.15, 0.2) is 19.5 Å². The molecule has 1 heterocycles. The summed E-state index contributed by atoms with van der Waals surface area (Å²) in [5.41, 5.74) is 5.20. The van der Waals surface area contributed by atoms with Crippen LogP contribution in [-0.2, 0) is 0 Å². The molecule has 15 heavy (non-hydrogen) atoms. The first-order chi connectivity index (χ1) is 7.04. The summed E-state index contributed by atoms with van der Waals surface area (Å²) in [6, 6.07) is 1.69. The second-order valence-electron chi connectivity index (χ2n) is 2.51. The highest BCUT2D eigenvalue weighted by molar-refractivity contribution is 9.13. The number of nitrogens with one attached hydrogen (secondary N) is 1. The minimum atomic E-state index is -0.266. The zero-order valence-corrected chi connectivity index (χ0v) is 11.3. The Labute approximate surface area is 107 Å². The van der Waals surface area contributed by atoms with Gasteiger partial charge in [0.2, 0.25) is 0 Å². The minimum absolute atomic E-state index is 0.0163. The number of carbonyl (C=O) groups is 1. The Morgan fingerprint density at radius 3 is 2.80 bits per heavy atom. The number of oxime groups is 1. The molecule has 82 valence electrons. The van der Waals surface area contributed by atoms with E-state index in [9.17, 15) is 4.79 Å². The second kappa shape index (κ2) is 5.47. The molecule has 0 saturated heterocycles. The highest BCUT2D eigenvalue weighted by Crippen LogP contribution is 2.32. The van der Waals surface area contributed by atoms with Crippen LogP contribution in [0.3, 0.4) is 0 Å². The van der Waals surface area contributed by atoms with E-state index in [4.69, 9.17) is 10.9 Å². The number of rotatable bonds is 3. The number of carbonyl (C=O) groups excluding carboxylic acids is 1. The van der Waals surface area contributed by atoms with Gasteiger partial charge in [-0.3, -0.25) is 4.79 Å². The van der Waals surface area contributed by atoms with Gasteiger partial charge in [-0.1, -0.05) is 5.16 Å². The molecule has 5 nitrogen and oxygen atoms in total. The maximum absolute atomic E-state index is 11.5. The van der Waals surface area contributed by atoms with E-state index in [0.29, 0.717) is 4.88 Å². The summed E-state index contributed by atoms with van der Waals surface area (Å²) in [7, 11) is 0. The van der Waals surface area contributed by atoms with Crippen molar-refractivity contribution in [3.63, 3.8) is 0 Å². The third kappa shape index (κ3) is 3.47. The standard InChI is InChI=1S/C7H7Br2N3O2S/c8-3-1-4(15-6(3)9)7(13)11-2-5(10)12-14/h1,14H,2H2,(H2,10,12)(H,11,13). The molecule has 0 aliphatic heterocycles. The summed E-state index contributed by atoms with van der Waals surface area (Å²) in [6.07, 6.45) is 0. The fraction of sp³-hybridized carbons (Fsp3) is 0.143. The van der Waals surface area contributed by atoms with Crippen LogP contribution in [0.4, 0.5) is 0 Å². The van der Waals surface area contributed by atoms with Crippen molar-refractivity contribution >= 4 is 54.9 Å². The molecule has 0 atom stereocenters. The van der Waals surface area contributed by atoms with Crippen molar-refractivity contribution in [2.45, 2.75) is 0 Å². The molecule has 1 amide bonds. The zero-order valence-electron chi connectivity index (χ0n) is 7.33. The third-order valence-corrected chi connectivity index (χ3v) is 4.68. The van der Waals surface area contributed by atoms with Gasteiger partial charge in [-0.25, -0.2) is 0 Å². The Morgan fingerprint density at radius 1 is 1.67 bits per heavy atom. The number of amidine groups is 1. The van der Waals surface area contributed by atoms with Gasteiger partial charge < -0.3 is 16.3 Å². The van der Waals surface area contributed by atoms with E-state index < -0.39 is 0 Å². The molecule has 0 aliphatic rings. The average Bonchev–Trinajstić information content (AvgIpc) is 2.55. The van der Waals surface area contributed by atoms with Crippen LogP contribution in [0.25, 0.3) is 0 Å². The third-order valence-electron chi connectivity index (χ3n) is 1.43. The van der Waals surface area contributed by atoms with Crippen LogP contribution in [0.1, 0.15) is 9.67 Å². The van der Waals surface area contributed by atoms with Crippen molar-refractivity contribution < 1.29 is 10.0 Å². The fourth-order valence-corrected chi connectivity index (χ4v) is 2.70. The molecule has 0 aromatic carbocycles. The van der Waals surface area contributed by atoms with Crippen molar-refractivity contribution in [3.8, 4) is 0 Å². The van der Waals surface area contributed by atoms with E-state index in [1.54, 1.807) is 6.07 Å². The van der Waals surface area contributed by atoms with Gasteiger partial charge in [0.25, 0.3) is 5.91 Å². The molecule has 1 rings (SSSR count). The highest BCUT2D eigenvalue weighted by atomic mass is 79.9. The zero-order chi connectivity index (χ0) is 11.4. The lowest BCUT2D eigenvalue weighted by Gasteiger charge is -2.00. The van der Waals surface area contributed by atoms with E-state index in [1.807, 2.05) is 0 Å². The van der Waals surface area contributed by atoms with Crippen LogP contribution in [-0.4, -0.2) is 23.5 Å². The Kier molecular flexibility index (Phi) is 4.55. The summed E-state index contributed by atoms with van der Waals surface area (Å²) in [5.74, 6) is -0.309. The number of hydrogen-bond donors (Lipinski definition) is 3. The van der Waals surface area contributed by atoms with Crippen LogP contribution in [0.2, 0.25) is 0 Å². The summed E-state index contributed by atoms with van der Waals surface area (Å²) in [4.78, 5) is 12.0. The molecule has 0 radical (unpaired) electrons. The molecule has 8 heteroatoms. The van der Waals surface area contributed by atoms with Gasteiger partial charge in [0.1, 0.15) is 0 Å². The van der Waals surface area contributed by atoms with Crippen molar-refractivity contribution in [2.24, 2.45) is 10.9 Å². The number of thiophene rings is 1. The van der Waals surface area contributed by atoms with Crippen molar-refractivity contribution in [1.29, 1.82) is 0 Å². The predicted molar refractivity (Wildman–Crippen MR) is 65.5 cm³/mol. The first-order valence-electron chi connectivity index (χ1n) is 3.74. The van der Waals surface area contributed by atoms with E-state index in [-0.39, 0.29) is 18.3 Å². The molecule has 0 saturated carbocycles. The van der Waals surface area contributed by atoms with Crippen molar-refractivity contribution in [3.05, 3.63) is 19.2 Å². The van der Waals surface area contributed by atoms with Gasteiger partial charge in [0, 0.05) is 4.47 Å². The lowest BCUT2D eigenvalue weighted by atomic mass is 10.4. The Balaban J connectivity index is 2.62. The molecular formula is C7H7Br2N3O2S. The first kappa shape index (κ1) is 12.5. The maximum Gasteiger partial charge on any atom is 0.261 e. The van der Waals surface area contributed by atoms with Crippen molar-refractivity contribution in [1.82, 2.24) is 5.32 Å². The number of nitrogens with two attached hydrogens (primary N) is 1. The molecule has 0 spiro atoms. The average molecular weight is 357 g/mol. The van der Waals surface area contributed by atoms with Gasteiger partial charge in [0.15, 0.2) is 5.84 Å². The smallest absolute Gasteiger partial charge is 0.261 e. The summed E-state index contributed by atoms with van der Waals surface area (Å²) >= 11 is 7.85. The summed E-state index contributed by atoms with van der Waals surface area (Å²) in [5, 5.41) is 13.5. The molecular weight excluding hydrogens is 350 g/mol. The predicted octanol–water partition coefficient (Wildman–Crippen LogP) is 1.75. The molecule has 0 bridgehead atoms. The topological polar surface area (TPSA) is 87.7 Å². The quantitative estimate of drug-likeness (QED) is 0.333. The molecule has 0 fully saturated rings. The number of halogens is 2. The van der Waals surface area contributed by atoms with E-state index >= 15 is 0 Å². The van der Waals surface area contributed by atoms with Crippen LogP contribution in [0, 0.1) is 0 Å². The Hall–Kier alpha value is -0.600. The fourth-order valence-electron chi connectivity index (χ4n) is 0.752. The van der Waals surface area contributed by atoms with Gasteiger partial charge in [-0.05, 0) is 37.9 Å². The van der Waals surface area contributed by atoms with Crippen LogP contribution >= 0.6 is 43.2 Å². The van der Waals surface area contributed by atoms with Crippen molar-refractivity contribution in [2.75, 3.05) is 6.54 Å². The number of amides is 1. The normalized spacial score (nSPS) is 11.5. The molecule has 4 N–H and O–H groups in total. The number of nitrogens with zero attached hydrogens (tertiary/aromatic N) is 1. The number of hydrogen-bond acceptors (Lipinski definition) is 4. The van der Waals surface area contributed by atoms with E-state index in [2.05, 4.69) is 42.3 Å². The largest absolute Gasteiger partial charge is 0.409 e. The summed E-state index contributed by atoms with van der Waals surface area (Å²) < 4.78 is 1.66. The highest BCUT2D eigenvalue weighted by Gasteiger charge is 2.11. The molecule has 0 unspecified atom stereocenters. The molecule has 1 aromatic rings. The Morgan fingerprint density at radius 2 is 2.33 bits per heavy atom. The second-order valence-corrected chi connectivity index (χ2v) is 5.73. The lowest BCUT2D eigenvalue weighted by Crippen LogP contribution is -2.33. The SMILES string of the molecule is NC(CNC(=O)c1cc(Br)c(Br)s1)=NO. The summed E-state index contributed by atoms with van der Waals surface area (Å²) in [6.45, 7) is 0.0163. The van der Waals surface area contributed by atoms with Crippen LogP contribution in [0.5, 0.6) is 0 Å². The minimum Gasteiger partial charge on any atom is -0.409 e. The van der Waals surface area contributed by atoms with Gasteiger partial charge in [-0.2, -0.15) is 0 Å².